The number of carbonyl (C=O) groups is 1. The van der Waals surface area contributed by atoms with Crippen LogP contribution in [0.4, 0.5) is 14.5 Å². The summed E-state index contributed by atoms with van der Waals surface area (Å²) in [6, 6.07) is 8.76. The predicted molar refractivity (Wildman–Crippen MR) is 163 cm³/mol. The molecule has 0 bridgehead atoms. The van der Waals surface area contributed by atoms with Crippen LogP contribution in [0.3, 0.4) is 0 Å². The summed E-state index contributed by atoms with van der Waals surface area (Å²) in [5.74, 6) is -2.29. The predicted octanol–water partition coefficient (Wildman–Crippen LogP) is 7.79. The van der Waals surface area contributed by atoms with Gasteiger partial charge in [0.25, 0.3) is 5.92 Å². The van der Waals surface area contributed by atoms with Crippen molar-refractivity contribution in [3.63, 3.8) is 0 Å². The quantitative estimate of drug-likeness (QED) is 0.241. The van der Waals surface area contributed by atoms with E-state index >= 15 is 0 Å². The third kappa shape index (κ3) is 9.74. The number of benzene rings is 1. The van der Waals surface area contributed by atoms with E-state index in [1.165, 1.54) is 73.4 Å². The van der Waals surface area contributed by atoms with E-state index in [1.54, 1.807) is 0 Å². The zero-order valence-corrected chi connectivity index (χ0v) is 24.6. The highest BCUT2D eigenvalue weighted by molar-refractivity contribution is 5.85. The maximum atomic E-state index is 13.0. The van der Waals surface area contributed by atoms with Crippen LogP contribution in [0.15, 0.2) is 53.6 Å². The van der Waals surface area contributed by atoms with Gasteiger partial charge in [-0.3, -0.25) is 4.79 Å². The molecule has 1 aliphatic carbocycles. The molecule has 226 valence electrons. The maximum absolute atomic E-state index is 13.0. The van der Waals surface area contributed by atoms with Crippen LogP contribution < -0.4 is 10.6 Å². The minimum atomic E-state index is -2.90. The first-order valence-electron chi connectivity index (χ1n) is 13.8. The Morgan fingerprint density at radius 2 is 1.83 bits per heavy atom. The average molecular weight is 573 g/mol. The van der Waals surface area contributed by atoms with Gasteiger partial charge in [0.15, 0.2) is 6.29 Å². The number of nitrogens with one attached hydrogen (secondary N) is 2. The third-order valence-corrected chi connectivity index (χ3v) is 6.60. The summed E-state index contributed by atoms with van der Waals surface area (Å²) in [4.78, 5) is 14.5. The number of hydrogen-bond acceptors (Lipinski definition) is 7. The Morgan fingerprint density at radius 3 is 2.32 bits per heavy atom. The highest BCUT2D eigenvalue weighted by atomic mass is 19.3. The molecule has 1 saturated heterocycles. The van der Waals surface area contributed by atoms with Gasteiger partial charge in [-0.25, -0.2) is 13.3 Å². The molecule has 0 atom stereocenters. The molecule has 41 heavy (non-hydrogen) atoms. The number of aryl methyl sites for hydroxylation is 1. The standard InChI is InChI=1S/C10H8F2N2O.C10H11N3O.C6H11N.2C2H6.CH4/c1-10(11,12)8-2-3-9-7(6-15)4-13-14(9)5-8;1-7-3-4-8(5-9(7)11-2)10-12-6-14-13-10;1-2-6(1)3-4-7-5-6;2*1-2;/h2-6H,1H3;3-6,11H,1-2H3;7H,1-5H2;2*1-2H3;1H4. The molecule has 0 amide bonds. The minimum absolute atomic E-state index is 0. The fourth-order valence-electron chi connectivity index (χ4n) is 4.08. The van der Waals surface area contributed by atoms with Crippen molar-refractivity contribution in [2.75, 3.05) is 25.5 Å². The number of halogens is 2. The average Bonchev–Trinajstić information content (AvgIpc) is 3.37. The van der Waals surface area contributed by atoms with Gasteiger partial charge >= 0.3 is 0 Å². The lowest BCUT2D eigenvalue weighted by Gasteiger charge is -2.10. The Bertz CT molecular complexity index is 1300. The van der Waals surface area contributed by atoms with Crippen molar-refractivity contribution in [3.05, 3.63) is 65.8 Å². The minimum Gasteiger partial charge on any atom is -0.388 e. The first-order chi connectivity index (χ1) is 19.2. The molecule has 0 unspecified atom stereocenters. The molecule has 6 rings (SSSR count). The van der Waals surface area contributed by atoms with Crippen molar-refractivity contribution >= 4 is 17.5 Å². The van der Waals surface area contributed by atoms with Crippen molar-refractivity contribution in [2.24, 2.45) is 5.41 Å². The molecule has 4 heterocycles. The molecular weight excluding hydrogens is 526 g/mol. The number of anilines is 1. The van der Waals surface area contributed by atoms with E-state index in [-0.39, 0.29) is 13.0 Å². The molecule has 1 spiro atoms. The molecule has 0 radical (unpaired) electrons. The Labute approximate surface area is 242 Å². The number of nitrogens with zero attached hydrogens (tertiary/aromatic N) is 4. The summed E-state index contributed by atoms with van der Waals surface area (Å²) < 4.78 is 31.9. The second-order valence-corrected chi connectivity index (χ2v) is 9.32. The highest BCUT2D eigenvalue weighted by Crippen LogP contribution is 2.49. The van der Waals surface area contributed by atoms with Gasteiger partial charge in [-0.2, -0.15) is 10.1 Å². The fraction of sp³-hybridized carbons (Fsp3) is 0.484. The number of pyridine rings is 1. The second-order valence-electron chi connectivity index (χ2n) is 9.32. The summed E-state index contributed by atoms with van der Waals surface area (Å²) in [5, 5.41) is 14.1. The largest absolute Gasteiger partial charge is 0.388 e. The van der Waals surface area contributed by atoms with Crippen LogP contribution in [0.2, 0.25) is 0 Å². The fourth-order valence-corrected chi connectivity index (χ4v) is 4.08. The lowest BCUT2D eigenvalue weighted by atomic mass is 10.1. The van der Waals surface area contributed by atoms with E-state index in [9.17, 15) is 13.6 Å². The molecule has 2 aliphatic rings. The summed E-state index contributed by atoms with van der Waals surface area (Å²) in [7, 11) is 1.89. The zero-order valence-electron chi connectivity index (χ0n) is 24.6. The SMILES string of the molecule is C.C1CC2(CC2)CN1.CC.CC.CC(F)(F)c1ccc2c(C=O)cnn2c1.CNc1cc(-c2ncon2)ccc1C. The van der Waals surface area contributed by atoms with Crippen molar-refractivity contribution in [1.29, 1.82) is 0 Å². The van der Waals surface area contributed by atoms with Crippen LogP contribution in [0.25, 0.3) is 16.9 Å². The van der Waals surface area contributed by atoms with Crippen molar-refractivity contribution in [2.45, 2.75) is 74.2 Å². The van der Waals surface area contributed by atoms with Crippen molar-refractivity contribution in [3.8, 4) is 11.4 Å². The molecule has 2 fully saturated rings. The zero-order chi connectivity index (χ0) is 29.8. The van der Waals surface area contributed by atoms with Gasteiger partial charge in [0.05, 0.1) is 17.3 Å². The Hall–Kier alpha value is -3.66. The van der Waals surface area contributed by atoms with Crippen LogP contribution in [0.1, 0.15) is 82.8 Å². The van der Waals surface area contributed by atoms with Crippen molar-refractivity contribution < 1.29 is 18.1 Å². The lowest BCUT2D eigenvalue weighted by molar-refractivity contribution is 0.0170. The lowest BCUT2D eigenvalue weighted by Crippen LogP contribution is -2.08. The summed E-state index contributed by atoms with van der Waals surface area (Å²) in [5.41, 5.74) is 4.84. The van der Waals surface area contributed by atoms with Gasteiger partial charge in [0, 0.05) is 43.5 Å². The molecule has 1 aliphatic heterocycles. The van der Waals surface area contributed by atoms with Crippen LogP contribution in [-0.4, -0.2) is 46.2 Å². The van der Waals surface area contributed by atoms with Crippen LogP contribution in [-0.2, 0) is 5.92 Å². The summed E-state index contributed by atoms with van der Waals surface area (Å²) >= 11 is 0. The highest BCUT2D eigenvalue weighted by Gasteiger charge is 2.44. The molecule has 8 nitrogen and oxygen atoms in total. The number of aromatic nitrogens is 4. The third-order valence-electron chi connectivity index (χ3n) is 6.60. The number of alkyl halides is 2. The smallest absolute Gasteiger partial charge is 0.272 e. The molecule has 10 heteroatoms. The Kier molecular flexibility index (Phi) is 14.3. The monoisotopic (exact) mass is 572 g/mol. The second kappa shape index (κ2) is 16.6. The van der Waals surface area contributed by atoms with Gasteiger partial charge in [0.1, 0.15) is 0 Å². The topological polar surface area (TPSA) is 97.4 Å². The van der Waals surface area contributed by atoms with E-state index in [2.05, 4.69) is 25.9 Å². The normalized spacial score (nSPS) is 14.0. The molecular formula is C31H46F2N6O2. The van der Waals surface area contributed by atoms with Crippen LogP contribution in [0, 0.1) is 12.3 Å². The molecule has 1 saturated carbocycles. The molecule has 1 aromatic carbocycles. The van der Waals surface area contributed by atoms with Gasteiger partial charge in [-0.05, 0) is 61.9 Å². The molecule has 2 N–H and O–H groups in total. The summed E-state index contributed by atoms with van der Waals surface area (Å²) in [6.07, 6.45) is 9.00. The van der Waals surface area contributed by atoms with Gasteiger partial charge in [-0.1, -0.05) is 52.4 Å². The van der Waals surface area contributed by atoms with E-state index in [0.717, 1.165) is 23.6 Å². The van der Waals surface area contributed by atoms with E-state index in [0.29, 0.717) is 23.2 Å². The summed E-state index contributed by atoms with van der Waals surface area (Å²) in [6.45, 7) is 13.5. The van der Waals surface area contributed by atoms with Crippen molar-refractivity contribution in [1.82, 2.24) is 25.1 Å². The van der Waals surface area contributed by atoms with E-state index in [4.69, 9.17) is 4.52 Å². The Morgan fingerprint density at radius 1 is 1.12 bits per heavy atom. The van der Waals surface area contributed by atoms with Crippen LogP contribution in [0.5, 0.6) is 0 Å². The van der Waals surface area contributed by atoms with E-state index in [1.807, 2.05) is 59.9 Å². The molecule has 4 aromatic rings. The van der Waals surface area contributed by atoms with E-state index < -0.39 is 5.92 Å². The maximum Gasteiger partial charge on any atom is 0.272 e. The number of fused-ring (bicyclic) bond motifs is 1. The van der Waals surface area contributed by atoms with Crippen LogP contribution >= 0.6 is 0 Å². The van der Waals surface area contributed by atoms with Gasteiger partial charge in [0.2, 0.25) is 12.2 Å². The first kappa shape index (κ1) is 35.4. The number of rotatable bonds is 4. The van der Waals surface area contributed by atoms with Gasteiger partial charge < -0.3 is 15.2 Å². The molecule has 3 aromatic heterocycles. The number of hydrogen-bond donors (Lipinski definition) is 2. The number of carbonyl (C=O) groups excluding carboxylic acids is 1. The number of aldehydes is 1. The first-order valence-corrected chi connectivity index (χ1v) is 13.8. The van der Waals surface area contributed by atoms with Gasteiger partial charge in [-0.15, -0.1) is 0 Å². The Balaban J connectivity index is 0.000000299.